The highest BCUT2D eigenvalue weighted by atomic mass is 19.1. The average molecular weight is 353 g/mol. The van der Waals surface area contributed by atoms with Gasteiger partial charge in [0.1, 0.15) is 5.82 Å². The summed E-state index contributed by atoms with van der Waals surface area (Å²) in [6, 6.07) is 13.6. The van der Waals surface area contributed by atoms with E-state index in [9.17, 15) is 14.0 Å². The fourth-order valence-corrected chi connectivity index (χ4v) is 2.92. The van der Waals surface area contributed by atoms with E-state index in [1.54, 1.807) is 49.5 Å². The molecular formula is C20H20FN3O2. The summed E-state index contributed by atoms with van der Waals surface area (Å²) >= 11 is 0. The number of fused-ring (bicyclic) bond motifs is 1. The molecule has 0 fully saturated rings. The molecule has 3 rings (SSSR count). The summed E-state index contributed by atoms with van der Waals surface area (Å²) in [4.78, 5) is 29.2. The third kappa shape index (κ3) is 3.22. The lowest BCUT2D eigenvalue weighted by atomic mass is 9.84. The lowest BCUT2D eigenvalue weighted by Crippen LogP contribution is -2.40. The fraction of sp³-hybridized carbons (Fsp3) is 0.250. The van der Waals surface area contributed by atoms with Gasteiger partial charge in [-0.15, -0.1) is 0 Å². The maximum atomic E-state index is 14.0. The number of hydrogen-bond donors (Lipinski definition) is 1. The van der Waals surface area contributed by atoms with Crippen LogP contribution in [0.2, 0.25) is 0 Å². The van der Waals surface area contributed by atoms with Crippen LogP contribution in [0.15, 0.2) is 53.3 Å². The normalized spacial score (nSPS) is 11.5. The first-order valence-corrected chi connectivity index (χ1v) is 8.30. The van der Waals surface area contributed by atoms with E-state index in [2.05, 4.69) is 10.3 Å². The van der Waals surface area contributed by atoms with Gasteiger partial charge >= 0.3 is 0 Å². The van der Waals surface area contributed by atoms with Crippen LogP contribution in [0.25, 0.3) is 11.0 Å². The number of rotatable bonds is 4. The van der Waals surface area contributed by atoms with Gasteiger partial charge in [-0.3, -0.25) is 9.59 Å². The van der Waals surface area contributed by atoms with Crippen molar-refractivity contribution in [3.63, 3.8) is 0 Å². The van der Waals surface area contributed by atoms with Crippen molar-refractivity contribution in [2.24, 2.45) is 7.05 Å². The van der Waals surface area contributed by atoms with Crippen LogP contribution in [0, 0.1) is 5.82 Å². The van der Waals surface area contributed by atoms with Crippen LogP contribution in [0.4, 0.5) is 4.39 Å². The topological polar surface area (TPSA) is 64.0 Å². The highest BCUT2D eigenvalue weighted by Crippen LogP contribution is 2.24. The van der Waals surface area contributed by atoms with E-state index in [4.69, 9.17) is 0 Å². The van der Waals surface area contributed by atoms with Crippen LogP contribution in [-0.4, -0.2) is 22.0 Å². The molecule has 0 spiro atoms. The number of aryl methyl sites for hydroxylation is 1. The van der Waals surface area contributed by atoms with Crippen LogP contribution in [-0.2, 0) is 12.5 Å². The molecule has 0 aliphatic heterocycles. The predicted octanol–water partition coefficient (Wildman–Crippen LogP) is 2.78. The lowest BCUT2D eigenvalue weighted by Gasteiger charge is -2.26. The average Bonchev–Trinajstić information content (AvgIpc) is 2.63. The van der Waals surface area contributed by atoms with Crippen molar-refractivity contribution in [3.8, 4) is 0 Å². The molecule has 0 aliphatic carbocycles. The van der Waals surface area contributed by atoms with Crippen molar-refractivity contribution in [2.45, 2.75) is 19.3 Å². The summed E-state index contributed by atoms with van der Waals surface area (Å²) in [5.74, 6) is -0.896. The Bertz CT molecular complexity index is 1040. The number of hydrogen-bond acceptors (Lipinski definition) is 3. The van der Waals surface area contributed by atoms with E-state index in [1.165, 1.54) is 10.6 Å². The smallest absolute Gasteiger partial charge is 0.282 e. The summed E-state index contributed by atoms with van der Waals surface area (Å²) in [5.41, 5.74) is 0.442. The minimum atomic E-state index is -0.636. The first-order valence-electron chi connectivity index (χ1n) is 8.30. The molecule has 3 aromatic rings. The molecule has 0 bridgehead atoms. The SMILES string of the molecule is Cn1c(=O)c(C(=O)NCC(C)(C)c2ccccc2F)nc2ccccc21. The number of nitrogens with zero attached hydrogens (tertiary/aromatic N) is 2. The van der Waals surface area contributed by atoms with Gasteiger partial charge in [-0.1, -0.05) is 44.2 Å². The minimum Gasteiger partial charge on any atom is -0.350 e. The van der Waals surface area contributed by atoms with Gasteiger partial charge in [-0.2, -0.15) is 0 Å². The van der Waals surface area contributed by atoms with Crippen molar-refractivity contribution >= 4 is 16.9 Å². The van der Waals surface area contributed by atoms with Crippen LogP contribution in [0.3, 0.4) is 0 Å². The second kappa shape index (κ2) is 6.71. The van der Waals surface area contributed by atoms with Crippen molar-refractivity contribution in [2.75, 3.05) is 6.54 Å². The Morgan fingerprint density at radius 1 is 1.15 bits per heavy atom. The number of halogens is 1. The lowest BCUT2D eigenvalue weighted by molar-refractivity contribution is 0.0938. The molecule has 1 heterocycles. The number of amides is 1. The zero-order valence-corrected chi connectivity index (χ0v) is 14.9. The van der Waals surface area contributed by atoms with Crippen molar-refractivity contribution in [3.05, 3.63) is 76.0 Å². The van der Waals surface area contributed by atoms with E-state index in [0.717, 1.165) is 0 Å². The molecule has 0 atom stereocenters. The van der Waals surface area contributed by atoms with Gasteiger partial charge in [0.2, 0.25) is 0 Å². The molecule has 0 unspecified atom stereocenters. The molecule has 6 heteroatoms. The predicted molar refractivity (Wildman–Crippen MR) is 98.7 cm³/mol. The largest absolute Gasteiger partial charge is 0.350 e. The standard InChI is InChI=1S/C20H20FN3O2/c1-20(2,13-8-4-5-9-14(13)21)12-22-18(25)17-19(26)24(3)16-11-7-6-10-15(16)23-17/h4-11H,12H2,1-3H3,(H,22,25). The van der Waals surface area contributed by atoms with E-state index >= 15 is 0 Å². The van der Waals surface area contributed by atoms with E-state index < -0.39 is 16.9 Å². The first kappa shape index (κ1) is 17.8. The van der Waals surface area contributed by atoms with Gasteiger partial charge < -0.3 is 9.88 Å². The van der Waals surface area contributed by atoms with Gasteiger partial charge in [0.15, 0.2) is 5.69 Å². The van der Waals surface area contributed by atoms with E-state index in [0.29, 0.717) is 16.6 Å². The summed E-state index contributed by atoms with van der Waals surface area (Å²) in [6.45, 7) is 3.83. The van der Waals surface area contributed by atoms with Crippen molar-refractivity contribution in [1.82, 2.24) is 14.9 Å². The quantitative estimate of drug-likeness (QED) is 0.784. The molecule has 1 aromatic heterocycles. The Morgan fingerprint density at radius 3 is 2.54 bits per heavy atom. The monoisotopic (exact) mass is 353 g/mol. The number of carbonyl (C=O) groups is 1. The van der Waals surface area contributed by atoms with Gasteiger partial charge in [0, 0.05) is 19.0 Å². The molecule has 0 aliphatic rings. The Kier molecular flexibility index (Phi) is 4.59. The molecule has 0 saturated carbocycles. The highest BCUT2D eigenvalue weighted by molar-refractivity contribution is 5.93. The molecule has 5 nitrogen and oxygen atoms in total. The van der Waals surface area contributed by atoms with Crippen LogP contribution in [0.5, 0.6) is 0 Å². The number of para-hydroxylation sites is 2. The number of aromatic nitrogens is 2. The Balaban J connectivity index is 1.87. The van der Waals surface area contributed by atoms with E-state index in [-0.39, 0.29) is 18.1 Å². The minimum absolute atomic E-state index is 0.171. The summed E-state index contributed by atoms with van der Waals surface area (Å²) in [7, 11) is 1.60. The molecule has 26 heavy (non-hydrogen) atoms. The zero-order valence-electron chi connectivity index (χ0n) is 14.9. The molecule has 0 radical (unpaired) electrons. The summed E-state index contributed by atoms with van der Waals surface area (Å²) < 4.78 is 15.4. The maximum Gasteiger partial charge on any atom is 0.282 e. The second-order valence-corrected chi connectivity index (χ2v) is 6.86. The van der Waals surface area contributed by atoms with Gasteiger partial charge in [-0.25, -0.2) is 9.37 Å². The summed E-state index contributed by atoms with van der Waals surface area (Å²) in [5, 5.41) is 2.72. The molecule has 1 N–H and O–H groups in total. The Morgan fingerprint density at radius 2 is 1.81 bits per heavy atom. The summed E-state index contributed by atoms with van der Waals surface area (Å²) in [6.07, 6.45) is 0. The third-order valence-corrected chi connectivity index (χ3v) is 4.49. The fourth-order valence-electron chi connectivity index (χ4n) is 2.92. The molecule has 134 valence electrons. The molecule has 0 saturated heterocycles. The number of nitrogens with one attached hydrogen (secondary N) is 1. The highest BCUT2D eigenvalue weighted by Gasteiger charge is 2.26. The molecular weight excluding hydrogens is 333 g/mol. The van der Waals surface area contributed by atoms with Gasteiger partial charge in [0.05, 0.1) is 11.0 Å². The zero-order chi connectivity index (χ0) is 18.9. The van der Waals surface area contributed by atoms with Gasteiger partial charge in [-0.05, 0) is 23.8 Å². The Labute approximate surface area is 150 Å². The first-order chi connectivity index (χ1) is 12.3. The molecule has 2 aromatic carbocycles. The van der Waals surface area contributed by atoms with E-state index in [1.807, 2.05) is 13.8 Å². The third-order valence-electron chi connectivity index (χ3n) is 4.49. The van der Waals surface area contributed by atoms with Gasteiger partial charge in [0.25, 0.3) is 11.5 Å². The molecule has 1 amide bonds. The van der Waals surface area contributed by atoms with Crippen LogP contribution < -0.4 is 10.9 Å². The van der Waals surface area contributed by atoms with Crippen molar-refractivity contribution in [1.29, 1.82) is 0 Å². The second-order valence-electron chi connectivity index (χ2n) is 6.86. The maximum absolute atomic E-state index is 14.0. The Hall–Kier alpha value is -3.02. The van der Waals surface area contributed by atoms with Crippen molar-refractivity contribution < 1.29 is 9.18 Å². The van der Waals surface area contributed by atoms with Crippen LogP contribution >= 0.6 is 0 Å². The number of benzene rings is 2. The number of carbonyl (C=O) groups excluding carboxylic acids is 1. The van der Waals surface area contributed by atoms with Crippen LogP contribution in [0.1, 0.15) is 29.9 Å².